The van der Waals surface area contributed by atoms with Gasteiger partial charge in [0.05, 0.1) is 25.7 Å². The largest absolute Gasteiger partial charge is 0.497 e. The van der Waals surface area contributed by atoms with Crippen molar-refractivity contribution in [2.45, 2.75) is 32.9 Å². The van der Waals surface area contributed by atoms with Crippen molar-refractivity contribution in [1.82, 2.24) is 10.2 Å². The lowest BCUT2D eigenvalue weighted by atomic mass is 10.2. The predicted octanol–water partition coefficient (Wildman–Crippen LogP) is 3.68. The molecule has 1 aromatic carbocycles. The van der Waals surface area contributed by atoms with Crippen molar-refractivity contribution in [2.24, 2.45) is 4.99 Å². The van der Waals surface area contributed by atoms with Crippen LogP contribution in [0.1, 0.15) is 31.6 Å². The molecular formula is C22H25N3O4S. The Morgan fingerprint density at radius 1 is 1.33 bits per heavy atom. The van der Waals surface area contributed by atoms with Gasteiger partial charge in [0.15, 0.2) is 5.17 Å². The molecule has 2 heterocycles. The Balaban J connectivity index is 1.78. The number of furan rings is 1. The molecule has 0 saturated carbocycles. The molecule has 0 bridgehead atoms. The van der Waals surface area contributed by atoms with E-state index in [2.05, 4.69) is 10.3 Å². The van der Waals surface area contributed by atoms with E-state index in [0.29, 0.717) is 16.6 Å². The number of aliphatic imine (C=N–C) groups is 1. The van der Waals surface area contributed by atoms with E-state index in [0.717, 1.165) is 17.7 Å². The zero-order chi connectivity index (χ0) is 21.5. The normalized spacial score (nSPS) is 16.0. The first-order valence-corrected chi connectivity index (χ1v) is 10.7. The number of carbonyl (C=O) groups is 2. The highest BCUT2D eigenvalue weighted by Gasteiger charge is 2.31. The first kappa shape index (κ1) is 21.7. The Morgan fingerprint density at radius 2 is 2.10 bits per heavy atom. The summed E-state index contributed by atoms with van der Waals surface area (Å²) >= 11 is 1.24. The van der Waals surface area contributed by atoms with Crippen LogP contribution in [0.25, 0.3) is 6.08 Å². The Labute approximate surface area is 180 Å². The molecule has 0 radical (unpaired) electrons. The Bertz CT molecular complexity index is 936. The van der Waals surface area contributed by atoms with Crippen molar-refractivity contribution in [2.75, 3.05) is 12.9 Å². The lowest BCUT2D eigenvalue weighted by Gasteiger charge is -2.16. The van der Waals surface area contributed by atoms with E-state index in [1.165, 1.54) is 16.7 Å². The highest BCUT2D eigenvalue weighted by atomic mass is 32.2. The van der Waals surface area contributed by atoms with Gasteiger partial charge in [-0.15, -0.1) is 0 Å². The number of nitrogens with one attached hydrogen (secondary N) is 1. The molecule has 1 atom stereocenters. The van der Waals surface area contributed by atoms with Gasteiger partial charge in [0.1, 0.15) is 17.2 Å². The molecule has 0 unspecified atom stereocenters. The van der Waals surface area contributed by atoms with Crippen LogP contribution in [0.4, 0.5) is 0 Å². The summed E-state index contributed by atoms with van der Waals surface area (Å²) in [6, 6.07) is 11.0. The molecule has 2 aromatic rings. The molecule has 30 heavy (non-hydrogen) atoms. The molecule has 7 nitrogen and oxygen atoms in total. The highest BCUT2D eigenvalue weighted by molar-refractivity contribution is 8.14. The van der Waals surface area contributed by atoms with E-state index in [1.54, 1.807) is 31.6 Å². The second-order valence-electron chi connectivity index (χ2n) is 6.83. The highest BCUT2D eigenvalue weighted by Crippen LogP contribution is 2.26. The molecule has 1 aliphatic heterocycles. The Hall–Kier alpha value is -3.00. The summed E-state index contributed by atoms with van der Waals surface area (Å²) in [7, 11) is 1.60. The maximum atomic E-state index is 13.0. The molecule has 1 aromatic heterocycles. The number of amides is 2. The fourth-order valence-corrected chi connectivity index (χ4v) is 3.55. The van der Waals surface area contributed by atoms with Crippen molar-refractivity contribution in [3.05, 3.63) is 59.7 Å². The molecule has 0 aliphatic carbocycles. The number of ether oxygens (including phenoxy) is 1. The van der Waals surface area contributed by atoms with E-state index < -0.39 is 0 Å². The molecule has 158 valence electrons. The van der Waals surface area contributed by atoms with Gasteiger partial charge in [-0.3, -0.25) is 14.5 Å². The topological polar surface area (TPSA) is 84.1 Å². The fraction of sp³-hybridized carbons (Fsp3) is 0.318. The molecule has 1 N–H and O–H groups in total. The monoisotopic (exact) mass is 427 g/mol. The number of hydrogen-bond donors (Lipinski definition) is 1. The number of methoxy groups -OCH3 is 1. The average Bonchev–Trinajstić information content (AvgIpc) is 3.36. The maximum absolute atomic E-state index is 13.0. The van der Waals surface area contributed by atoms with Crippen molar-refractivity contribution in [1.29, 1.82) is 0 Å². The third-order valence-electron chi connectivity index (χ3n) is 4.58. The predicted molar refractivity (Wildman–Crippen MR) is 118 cm³/mol. The smallest absolute Gasteiger partial charge is 0.278 e. The number of amidine groups is 1. The standard InChI is InChI=1S/C22H25N3O4S/c1-4-15(2)23-20(26)14-30-22-24-19(12-16-7-9-17(28-3)10-8-16)21(27)25(22)13-18-6-5-11-29-18/h5-12,15H,4,13-14H2,1-3H3,(H,23,26)/b19-12-/t15-/m0/s1. The quantitative estimate of drug-likeness (QED) is 0.650. The van der Waals surface area contributed by atoms with Gasteiger partial charge in [-0.25, -0.2) is 4.99 Å². The van der Waals surface area contributed by atoms with Crippen molar-refractivity contribution in [3.8, 4) is 5.75 Å². The maximum Gasteiger partial charge on any atom is 0.278 e. The van der Waals surface area contributed by atoms with Crippen LogP contribution < -0.4 is 10.1 Å². The molecule has 1 aliphatic rings. The van der Waals surface area contributed by atoms with Gasteiger partial charge >= 0.3 is 0 Å². The Morgan fingerprint density at radius 3 is 2.73 bits per heavy atom. The van der Waals surface area contributed by atoms with Crippen LogP contribution in [0, 0.1) is 0 Å². The van der Waals surface area contributed by atoms with Crippen LogP contribution >= 0.6 is 11.8 Å². The van der Waals surface area contributed by atoms with Gasteiger partial charge in [-0.1, -0.05) is 30.8 Å². The summed E-state index contributed by atoms with van der Waals surface area (Å²) in [6.07, 6.45) is 4.15. The van der Waals surface area contributed by atoms with Crippen LogP contribution in [0.15, 0.2) is 57.8 Å². The van der Waals surface area contributed by atoms with Gasteiger partial charge in [0.25, 0.3) is 5.91 Å². The molecule has 2 amide bonds. The van der Waals surface area contributed by atoms with Crippen molar-refractivity contribution >= 4 is 34.8 Å². The van der Waals surface area contributed by atoms with Gasteiger partial charge in [-0.2, -0.15) is 0 Å². The van der Waals surface area contributed by atoms with Crippen LogP contribution in [-0.2, 0) is 16.1 Å². The SMILES string of the molecule is CC[C@H](C)NC(=O)CSC1=N/C(=C\c2ccc(OC)cc2)C(=O)N1Cc1ccco1. The van der Waals surface area contributed by atoms with Gasteiger partial charge in [-0.05, 0) is 49.2 Å². The van der Waals surface area contributed by atoms with E-state index in [1.807, 2.05) is 38.1 Å². The summed E-state index contributed by atoms with van der Waals surface area (Å²) in [5.41, 5.74) is 1.15. The van der Waals surface area contributed by atoms with Crippen molar-refractivity contribution < 1.29 is 18.7 Å². The van der Waals surface area contributed by atoms with Crippen LogP contribution in [-0.4, -0.2) is 40.8 Å². The van der Waals surface area contributed by atoms with Gasteiger partial charge in [0.2, 0.25) is 5.91 Å². The summed E-state index contributed by atoms with van der Waals surface area (Å²) in [6.45, 7) is 4.22. The summed E-state index contributed by atoms with van der Waals surface area (Å²) in [5, 5.41) is 3.41. The van der Waals surface area contributed by atoms with E-state index in [4.69, 9.17) is 9.15 Å². The average molecular weight is 428 g/mol. The molecule has 8 heteroatoms. The fourth-order valence-electron chi connectivity index (χ4n) is 2.75. The van der Waals surface area contributed by atoms with E-state index in [-0.39, 0.29) is 30.2 Å². The summed E-state index contributed by atoms with van der Waals surface area (Å²) in [4.78, 5) is 31.2. The lowest BCUT2D eigenvalue weighted by molar-refractivity contribution is -0.123. The second kappa shape index (κ2) is 10.2. The second-order valence-corrected chi connectivity index (χ2v) is 7.78. The Kier molecular flexibility index (Phi) is 7.35. The van der Waals surface area contributed by atoms with Crippen LogP contribution in [0.3, 0.4) is 0 Å². The minimum atomic E-state index is -0.230. The minimum Gasteiger partial charge on any atom is -0.497 e. The molecule has 0 fully saturated rings. The zero-order valence-electron chi connectivity index (χ0n) is 17.3. The van der Waals surface area contributed by atoms with Gasteiger partial charge in [0, 0.05) is 6.04 Å². The molecular weight excluding hydrogens is 402 g/mol. The number of carbonyl (C=O) groups excluding carboxylic acids is 2. The van der Waals surface area contributed by atoms with E-state index >= 15 is 0 Å². The molecule has 0 saturated heterocycles. The molecule has 3 rings (SSSR count). The summed E-state index contributed by atoms with van der Waals surface area (Å²) in [5.74, 6) is 1.25. The van der Waals surface area contributed by atoms with Gasteiger partial charge < -0.3 is 14.5 Å². The zero-order valence-corrected chi connectivity index (χ0v) is 18.1. The van der Waals surface area contributed by atoms with E-state index in [9.17, 15) is 9.59 Å². The number of rotatable bonds is 8. The van der Waals surface area contributed by atoms with Crippen molar-refractivity contribution in [3.63, 3.8) is 0 Å². The minimum absolute atomic E-state index is 0.0879. The van der Waals surface area contributed by atoms with Crippen LogP contribution in [0.2, 0.25) is 0 Å². The number of thioether (sulfide) groups is 1. The number of hydrogen-bond acceptors (Lipinski definition) is 6. The third-order valence-corrected chi connectivity index (χ3v) is 5.55. The number of nitrogens with zero attached hydrogens (tertiary/aromatic N) is 2. The lowest BCUT2D eigenvalue weighted by Crippen LogP contribution is -2.35. The summed E-state index contributed by atoms with van der Waals surface area (Å²) < 4.78 is 10.6. The first-order chi connectivity index (χ1) is 14.5. The first-order valence-electron chi connectivity index (χ1n) is 9.71. The third kappa shape index (κ3) is 5.54. The number of benzene rings is 1. The van der Waals surface area contributed by atoms with Crippen LogP contribution in [0.5, 0.6) is 5.75 Å². The molecule has 0 spiro atoms.